The summed E-state index contributed by atoms with van der Waals surface area (Å²) in [6.45, 7) is 3.70. The van der Waals surface area contributed by atoms with Gasteiger partial charge in [-0.25, -0.2) is 9.18 Å². The molecule has 5 heteroatoms. The molecule has 1 aromatic rings. The lowest BCUT2D eigenvalue weighted by Gasteiger charge is -2.10. The van der Waals surface area contributed by atoms with Gasteiger partial charge in [-0.15, -0.1) is 0 Å². The molecule has 0 aliphatic heterocycles. The van der Waals surface area contributed by atoms with Crippen molar-refractivity contribution in [2.75, 3.05) is 5.32 Å². The molecule has 2 amide bonds. The van der Waals surface area contributed by atoms with Gasteiger partial charge in [-0.3, -0.25) is 0 Å². The molecular formula is C10H12BrFN2O. The van der Waals surface area contributed by atoms with Crippen molar-refractivity contribution in [3.05, 3.63) is 28.5 Å². The van der Waals surface area contributed by atoms with Gasteiger partial charge < -0.3 is 10.6 Å². The van der Waals surface area contributed by atoms with Crippen molar-refractivity contribution in [2.45, 2.75) is 19.9 Å². The maximum atomic E-state index is 13.1. The predicted octanol–water partition coefficient (Wildman–Crippen LogP) is 3.12. The molecule has 0 radical (unpaired) electrons. The Kier molecular flexibility index (Phi) is 4.08. The highest BCUT2D eigenvalue weighted by atomic mass is 79.9. The van der Waals surface area contributed by atoms with Gasteiger partial charge in [-0.2, -0.15) is 0 Å². The Morgan fingerprint density at radius 1 is 1.47 bits per heavy atom. The van der Waals surface area contributed by atoms with Crippen LogP contribution < -0.4 is 10.6 Å². The summed E-state index contributed by atoms with van der Waals surface area (Å²) in [5.74, 6) is -0.405. The first-order valence-electron chi connectivity index (χ1n) is 4.51. The summed E-state index contributed by atoms with van der Waals surface area (Å²) in [4.78, 5) is 11.3. The van der Waals surface area contributed by atoms with Crippen molar-refractivity contribution in [2.24, 2.45) is 0 Å². The van der Waals surface area contributed by atoms with Crippen molar-refractivity contribution in [3.8, 4) is 0 Å². The number of nitrogens with one attached hydrogen (secondary N) is 2. The molecule has 0 spiro atoms. The molecule has 0 fully saturated rings. The van der Waals surface area contributed by atoms with Crippen molar-refractivity contribution >= 4 is 27.6 Å². The van der Waals surface area contributed by atoms with Gasteiger partial charge in [0.15, 0.2) is 0 Å². The Morgan fingerprint density at radius 2 is 2.13 bits per heavy atom. The molecule has 0 aromatic heterocycles. The highest BCUT2D eigenvalue weighted by Gasteiger charge is 2.05. The van der Waals surface area contributed by atoms with Gasteiger partial charge in [0.05, 0.1) is 4.47 Å². The molecule has 0 atom stereocenters. The lowest BCUT2D eigenvalue weighted by molar-refractivity contribution is 0.250. The van der Waals surface area contributed by atoms with Crippen LogP contribution in [0.3, 0.4) is 0 Å². The van der Waals surface area contributed by atoms with Crippen LogP contribution in [-0.4, -0.2) is 12.1 Å². The Morgan fingerprint density at radius 3 is 2.67 bits per heavy atom. The largest absolute Gasteiger partial charge is 0.336 e. The van der Waals surface area contributed by atoms with Gasteiger partial charge in [0, 0.05) is 11.7 Å². The third-order valence-corrected chi connectivity index (χ3v) is 2.24. The van der Waals surface area contributed by atoms with E-state index in [2.05, 4.69) is 26.6 Å². The zero-order valence-corrected chi connectivity index (χ0v) is 10.1. The van der Waals surface area contributed by atoms with Crippen LogP contribution in [0.4, 0.5) is 14.9 Å². The fraction of sp³-hybridized carbons (Fsp3) is 0.300. The normalized spacial score (nSPS) is 10.2. The minimum atomic E-state index is -0.405. The minimum absolute atomic E-state index is 0.0466. The number of anilines is 1. The standard InChI is InChI=1S/C10H12BrFN2O/c1-6(2)13-10(15)14-7-3-4-8(11)9(12)5-7/h3-6H,1-2H3,(H2,13,14,15). The molecule has 3 nitrogen and oxygen atoms in total. The molecule has 0 unspecified atom stereocenters. The zero-order chi connectivity index (χ0) is 11.4. The summed E-state index contributed by atoms with van der Waals surface area (Å²) in [6, 6.07) is 4.12. The summed E-state index contributed by atoms with van der Waals surface area (Å²) in [5, 5.41) is 5.17. The summed E-state index contributed by atoms with van der Waals surface area (Å²) >= 11 is 3.03. The van der Waals surface area contributed by atoms with E-state index in [-0.39, 0.29) is 12.1 Å². The predicted molar refractivity (Wildman–Crippen MR) is 61.4 cm³/mol. The molecule has 15 heavy (non-hydrogen) atoms. The number of hydrogen-bond donors (Lipinski definition) is 2. The maximum absolute atomic E-state index is 13.1. The van der Waals surface area contributed by atoms with Gasteiger partial charge in [-0.1, -0.05) is 0 Å². The maximum Gasteiger partial charge on any atom is 0.319 e. The van der Waals surface area contributed by atoms with E-state index in [1.807, 2.05) is 13.8 Å². The van der Waals surface area contributed by atoms with Gasteiger partial charge in [-0.05, 0) is 48.0 Å². The van der Waals surface area contributed by atoms with E-state index in [1.54, 1.807) is 12.1 Å². The average molecular weight is 275 g/mol. The van der Waals surface area contributed by atoms with Crippen LogP contribution in [0.2, 0.25) is 0 Å². The summed E-state index contributed by atoms with van der Waals surface area (Å²) in [5.41, 5.74) is 0.425. The molecule has 0 aliphatic rings. The summed E-state index contributed by atoms with van der Waals surface area (Å²) in [6.07, 6.45) is 0. The van der Waals surface area contributed by atoms with Crippen LogP contribution in [0.15, 0.2) is 22.7 Å². The number of urea groups is 1. The number of carbonyl (C=O) groups excluding carboxylic acids is 1. The lowest BCUT2D eigenvalue weighted by Crippen LogP contribution is -2.34. The minimum Gasteiger partial charge on any atom is -0.336 e. The van der Waals surface area contributed by atoms with Crippen molar-refractivity contribution in [3.63, 3.8) is 0 Å². The smallest absolute Gasteiger partial charge is 0.319 e. The van der Waals surface area contributed by atoms with E-state index in [0.29, 0.717) is 10.2 Å². The number of hydrogen-bond acceptors (Lipinski definition) is 1. The SMILES string of the molecule is CC(C)NC(=O)Nc1ccc(Br)c(F)c1. The Labute approximate surface area is 96.2 Å². The molecule has 0 bridgehead atoms. The van der Waals surface area contributed by atoms with Crippen LogP contribution in [-0.2, 0) is 0 Å². The molecule has 82 valence electrons. The molecule has 2 N–H and O–H groups in total. The lowest BCUT2D eigenvalue weighted by atomic mass is 10.3. The Bertz CT molecular complexity index is 368. The summed E-state index contributed by atoms with van der Waals surface area (Å²) < 4.78 is 13.4. The van der Waals surface area contributed by atoms with Gasteiger partial charge in [0.25, 0.3) is 0 Å². The first-order valence-corrected chi connectivity index (χ1v) is 5.31. The number of halogens is 2. The fourth-order valence-corrected chi connectivity index (χ4v) is 1.25. The van der Waals surface area contributed by atoms with Crippen LogP contribution in [0.25, 0.3) is 0 Å². The average Bonchev–Trinajstić information content (AvgIpc) is 2.10. The first-order chi connectivity index (χ1) is 6.99. The third-order valence-electron chi connectivity index (χ3n) is 1.60. The number of rotatable bonds is 2. The molecule has 1 aromatic carbocycles. The highest BCUT2D eigenvalue weighted by Crippen LogP contribution is 2.19. The van der Waals surface area contributed by atoms with E-state index in [1.165, 1.54) is 6.07 Å². The second kappa shape index (κ2) is 5.11. The highest BCUT2D eigenvalue weighted by molar-refractivity contribution is 9.10. The van der Waals surface area contributed by atoms with E-state index < -0.39 is 5.82 Å². The molecule has 0 aliphatic carbocycles. The topological polar surface area (TPSA) is 41.1 Å². The third kappa shape index (κ3) is 3.87. The number of benzene rings is 1. The molecular weight excluding hydrogens is 263 g/mol. The fourth-order valence-electron chi connectivity index (χ4n) is 1.00. The quantitative estimate of drug-likeness (QED) is 0.855. The number of amides is 2. The van der Waals surface area contributed by atoms with Crippen molar-refractivity contribution in [1.29, 1.82) is 0 Å². The molecule has 0 saturated carbocycles. The Hall–Kier alpha value is -1.10. The van der Waals surface area contributed by atoms with Crippen LogP contribution in [0, 0.1) is 5.82 Å². The molecule has 0 saturated heterocycles. The van der Waals surface area contributed by atoms with Gasteiger partial charge in [0.2, 0.25) is 0 Å². The van der Waals surface area contributed by atoms with Crippen LogP contribution >= 0.6 is 15.9 Å². The molecule has 1 rings (SSSR count). The monoisotopic (exact) mass is 274 g/mol. The summed E-state index contributed by atoms with van der Waals surface area (Å²) in [7, 11) is 0. The zero-order valence-electron chi connectivity index (χ0n) is 8.47. The van der Waals surface area contributed by atoms with Crippen LogP contribution in [0.1, 0.15) is 13.8 Å². The van der Waals surface area contributed by atoms with Gasteiger partial charge in [0.1, 0.15) is 5.82 Å². The Balaban J connectivity index is 2.65. The van der Waals surface area contributed by atoms with Gasteiger partial charge >= 0.3 is 6.03 Å². The molecule has 0 heterocycles. The van der Waals surface area contributed by atoms with Crippen LogP contribution in [0.5, 0.6) is 0 Å². The van der Waals surface area contributed by atoms with E-state index in [4.69, 9.17) is 0 Å². The second-order valence-electron chi connectivity index (χ2n) is 3.38. The van der Waals surface area contributed by atoms with E-state index in [9.17, 15) is 9.18 Å². The van der Waals surface area contributed by atoms with E-state index >= 15 is 0 Å². The van der Waals surface area contributed by atoms with E-state index in [0.717, 1.165) is 0 Å². The van der Waals surface area contributed by atoms with Crippen molar-refractivity contribution in [1.82, 2.24) is 5.32 Å². The van der Waals surface area contributed by atoms with Crippen molar-refractivity contribution < 1.29 is 9.18 Å². The second-order valence-corrected chi connectivity index (χ2v) is 4.24. The first kappa shape index (κ1) is 12.0. The number of carbonyl (C=O) groups is 1.